The Balaban J connectivity index is 2.42. The Morgan fingerprint density at radius 3 is 2.30 bits per heavy atom. The van der Waals surface area contributed by atoms with Crippen molar-refractivity contribution in [2.45, 2.75) is 59.8 Å². The van der Waals surface area contributed by atoms with Crippen LogP contribution in [0, 0.1) is 13.8 Å². The Kier molecular flexibility index (Phi) is 8.25. The van der Waals surface area contributed by atoms with Crippen LogP contribution in [0.4, 0.5) is 11.4 Å². The highest BCUT2D eigenvalue weighted by Crippen LogP contribution is 2.33. The molecule has 2 aromatic rings. The predicted octanol–water partition coefficient (Wildman–Crippen LogP) is 4.44. The Hall–Kier alpha value is -3.35. The predicted molar refractivity (Wildman–Crippen MR) is 132 cm³/mol. The fourth-order valence-corrected chi connectivity index (χ4v) is 3.69. The highest BCUT2D eigenvalue weighted by molar-refractivity contribution is 6.04. The Morgan fingerprint density at radius 2 is 1.73 bits per heavy atom. The first-order valence-corrected chi connectivity index (χ1v) is 11.2. The van der Waals surface area contributed by atoms with Crippen LogP contribution in [0.1, 0.15) is 67.6 Å². The summed E-state index contributed by atoms with van der Waals surface area (Å²) in [5.41, 5.74) is 3.30. The van der Waals surface area contributed by atoms with E-state index in [2.05, 4.69) is 10.6 Å². The van der Waals surface area contributed by atoms with Gasteiger partial charge in [-0.3, -0.25) is 14.4 Å². The molecule has 0 aromatic heterocycles. The molecule has 0 heterocycles. The Labute approximate surface area is 196 Å². The highest BCUT2D eigenvalue weighted by atomic mass is 16.3. The molecule has 0 radical (unpaired) electrons. The van der Waals surface area contributed by atoms with Crippen molar-refractivity contribution in [1.82, 2.24) is 5.32 Å². The number of aryl methyl sites for hydroxylation is 1. The smallest absolute Gasteiger partial charge is 0.251 e. The van der Waals surface area contributed by atoms with Crippen molar-refractivity contribution < 1.29 is 19.5 Å². The molecule has 0 bridgehead atoms. The average molecular weight is 454 g/mol. The van der Waals surface area contributed by atoms with Gasteiger partial charge >= 0.3 is 0 Å². The number of rotatable bonds is 7. The summed E-state index contributed by atoms with van der Waals surface area (Å²) in [5, 5.41) is 15.9. The van der Waals surface area contributed by atoms with E-state index in [-0.39, 0.29) is 35.9 Å². The fraction of sp³-hybridized carbons (Fsp3) is 0.423. The standard InChI is InChI=1S/C26H35N3O4/c1-8-9-23(31)29(21-13-10-16(2)24(32)17(21)3)15-22(30)28-20-14-18(25(33)27-7)11-12-19(20)26(4,5)6/h10-14,32H,8-9,15H2,1-7H3,(H,27,33)(H,28,30). The van der Waals surface area contributed by atoms with Gasteiger partial charge in [-0.2, -0.15) is 0 Å². The molecule has 0 atom stereocenters. The molecule has 0 saturated heterocycles. The van der Waals surface area contributed by atoms with Crippen LogP contribution in [0.3, 0.4) is 0 Å². The van der Waals surface area contributed by atoms with Crippen molar-refractivity contribution in [2.75, 3.05) is 23.8 Å². The molecule has 0 aliphatic carbocycles. The maximum Gasteiger partial charge on any atom is 0.251 e. The molecule has 33 heavy (non-hydrogen) atoms. The number of aromatic hydroxyl groups is 1. The van der Waals surface area contributed by atoms with Gasteiger partial charge in [-0.05, 0) is 55.0 Å². The van der Waals surface area contributed by atoms with Crippen LogP contribution in [0.15, 0.2) is 30.3 Å². The second kappa shape index (κ2) is 10.5. The van der Waals surface area contributed by atoms with Crippen LogP contribution < -0.4 is 15.5 Å². The first-order valence-electron chi connectivity index (χ1n) is 11.2. The summed E-state index contributed by atoms with van der Waals surface area (Å²) in [6, 6.07) is 8.69. The van der Waals surface area contributed by atoms with Crippen LogP contribution in [-0.2, 0) is 15.0 Å². The van der Waals surface area contributed by atoms with E-state index in [0.29, 0.717) is 34.5 Å². The van der Waals surface area contributed by atoms with Crippen LogP contribution >= 0.6 is 0 Å². The van der Waals surface area contributed by atoms with E-state index in [9.17, 15) is 19.5 Å². The molecule has 0 aliphatic heterocycles. The summed E-state index contributed by atoms with van der Waals surface area (Å²) in [6.07, 6.45) is 0.914. The van der Waals surface area contributed by atoms with Crippen molar-refractivity contribution in [3.05, 3.63) is 52.6 Å². The lowest BCUT2D eigenvalue weighted by atomic mass is 9.85. The van der Waals surface area contributed by atoms with Crippen LogP contribution in [0.5, 0.6) is 5.75 Å². The van der Waals surface area contributed by atoms with Crippen LogP contribution in [0.2, 0.25) is 0 Å². The molecule has 0 fully saturated rings. The van der Waals surface area contributed by atoms with Crippen molar-refractivity contribution >= 4 is 29.1 Å². The molecule has 2 aromatic carbocycles. The van der Waals surface area contributed by atoms with E-state index in [1.54, 1.807) is 45.2 Å². The number of nitrogens with zero attached hydrogens (tertiary/aromatic N) is 1. The van der Waals surface area contributed by atoms with Gasteiger partial charge in [0.25, 0.3) is 5.91 Å². The van der Waals surface area contributed by atoms with E-state index < -0.39 is 5.91 Å². The van der Waals surface area contributed by atoms with Crippen molar-refractivity contribution in [3.8, 4) is 5.75 Å². The molecule has 2 rings (SSSR count). The van der Waals surface area contributed by atoms with E-state index in [4.69, 9.17) is 0 Å². The lowest BCUT2D eigenvalue weighted by Gasteiger charge is -2.27. The summed E-state index contributed by atoms with van der Waals surface area (Å²) >= 11 is 0. The normalized spacial score (nSPS) is 11.1. The largest absolute Gasteiger partial charge is 0.507 e. The van der Waals surface area contributed by atoms with Gasteiger partial charge in [0.05, 0.1) is 5.69 Å². The zero-order valence-corrected chi connectivity index (χ0v) is 20.6. The van der Waals surface area contributed by atoms with Gasteiger partial charge in [0.1, 0.15) is 12.3 Å². The van der Waals surface area contributed by atoms with Crippen LogP contribution in [0.25, 0.3) is 0 Å². The molecule has 7 heteroatoms. The van der Waals surface area contributed by atoms with E-state index in [1.807, 2.05) is 33.8 Å². The number of anilines is 2. The second-order valence-electron chi connectivity index (χ2n) is 9.24. The number of phenolic OH excluding ortho intramolecular Hbond substituents is 1. The van der Waals surface area contributed by atoms with E-state index in [0.717, 1.165) is 5.56 Å². The van der Waals surface area contributed by atoms with E-state index >= 15 is 0 Å². The first kappa shape index (κ1) is 25.9. The zero-order valence-electron chi connectivity index (χ0n) is 20.6. The SMILES string of the molecule is CCCC(=O)N(CC(=O)Nc1cc(C(=O)NC)ccc1C(C)(C)C)c1ccc(C)c(O)c1C. The van der Waals surface area contributed by atoms with Crippen molar-refractivity contribution in [1.29, 1.82) is 0 Å². The molecule has 3 amide bonds. The molecule has 7 nitrogen and oxygen atoms in total. The van der Waals surface area contributed by atoms with Gasteiger partial charge < -0.3 is 20.6 Å². The third-order valence-corrected chi connectivity index (χ3v) is 5.55. The van der Waals surface area contributed by atoms with Gasteiger partial charge in [0, 0.05) is 30.3 Å². The van der Waals surface area contributed by atoms with E-state index in [1.165, 1.54) is 4.90 Å². The van der Waals surface area contributed by atoms with Gasteiger partial charge in [-0.15, -0.1) is 0 Å². The summed E-state index contributed by atoms with van der Waals surface area (Å²) in [4.78, 5) is 39.6. The maximum absolute atomic E-state index is 13.1. The second-order valence-corrected chi connectivity index (χ2v) is 9.24. The van der Waals surface area contributed by atoms with Crippen molar-refractivity contribution in [3.63, 3.8) is 0 Å². The van der Waals surface area contributed by atoms with Crippen molar-refractivity contribution in [2.24, 2.45) is 0 Å². The first-order chi connectivity index (χ1) is 15.4. The summed E-state index contributed by atoms with van der Waals surface area (Å²) in [6.45, 7) is 11.3. The summed E-state index contributed by atoms with van der Waals surface area (Å²) < 4.78 is 0. The topological polar surface area (TPSA) is 98.7 Å². The molecule has 178 valence electrons. The lowest BCUT2D eigenvalue weighted by molar-refractivity contribution is -0.121. The lowest BCUT2D eigenvalue weighted by Crippen LogP contribution is -2.38. The Morgan fingerprint density at radius 1 is 1.06 bits per heavy atom. The number of phenols is 1. The minimum Gasteiger partial charge on any atom is -0.507 e. The number of benzene rings is 2. The number of carbonyl (C=O) groups is 3. The third-order valence-electron chi connectivity index (χ3n) is 5.55. The van der Waals surface area contributed by atoms with Gasteiger partial charge in [0.2, 0.25) is 11.8 Å². The number of nitrogens with one attached hydrogen (secondary N) is 2. The summed E-state index contributed by atoms with van der Waals surface area (Å²) in [5.74, 6) is -0.736. The molecular weight excluding hydrogens is 418 g/mol. The number of carbonyl (C=O) groups excluding carboxylic acids is 3. The molecule has 3 N–H and O–H groups in total. The average Bonchev–Trinajstić information content (AvgIpc) is 2.75. The highest BCUT2D eigenvalue weighted by Gasteiger charge is 2.24. The minimum absolute atomic E-state index is 0.107. The van der Waals surface area contributed by atoms with Crippen LogP contribution in [-0.4, -0.2) is 36.4 Å². The number of amides is 3. The molecule has 0 aliphatic rings. The summed E-state index contributed by atoms with van der Waals surface area (Å²) in [7, 11) is 1.55. The minimum atomic E-state index is -0.390. The number of hydrogen-bond acceptors (Lipinski definition) is 4. The fourth-order valence-electron chi connectivity index (χ4n) is 3.69. The van der Waals surface area contributed by atoms with Gasteiger partial charge in [0.15, 0.2) is 0 Å². The van der Waals surface area contributed by atoms with Gasteiger partial charge in [-0.1, -0.05) is 39.8 Å². The monoisotopic (exact) mass is 453 g/mol. The Bertz CT molecular complexity index is 1050. The number of hydrogen-bond donors (Lipinski definition) is 3. The maximum atomic E-state index is 13.1. The van der Waals surface area contributed by atoms with Gasteiger partial charge in [-0.25, -0.2) is 0 Å². The third kappa shape index (κ3) is 6.12. The molecule has 0 unspecified atom stereocenters. The quantitative estimate of drug-likeness (QED) is 0.577. The molecule has 0 saturated carbocycles. The zero-order chi connectivity index (χ0) is 24.9. The molecule has 0 spiro atoms. The molecular formula is C26H35N3O4.